The van der Waals surface area contributed by atoms with Gasteiger partial charge in [0.05, 0.1) is 0 Å². The minimum absolute atomic E-state index is 0.136. The van der Waals surface area contributed by atoms with Gasteiger partial charge in [-0.25, -0.2) is 0 Å². The first-order valence-corrected chi connectivity index (χ1v) is 7.75. The molecule has 2 amide bonds. The van der Waals surface area contributed by atoms with Crippen molar-refractivity contribution in [3.05, 3.63) is 64.6 Å². The number of hydrogen-bond donors (Lipinski definition) is 2. The number of carbonyl (C=O) groups excluding carboxylic acids is 2. The lowest BCUT2D eigenvalue weighted by molar-refractivity contribution is -0.116. The number of hydrogen-bond acceptors (Lipinski definition) is 2. The molecular weight excluding hydrogens is 344 g/mol. The van der Waals surface area contributed by atoms with E-state index in [0.29, 0.717) is 5.56 Å². The van der Waals surface area contributed by atoms with Crippen LogP contribution in [0.1, 0.15) is 23.7 Å². The van der Waals surface area contributed by atoms with Crippen LogP contribution in [0.2, 0.25) is 0 Å². The van der Waals surface area contributed by atoms with Crippen molar-refractivity contribution in [2.75, 3.05) is 5.32 Å². The van der Waals surface area contributed by atoms with Gasteiger partial charge < -0.3 is 10.6 Å². The Labute approximate surface area is 138 Å². The van der Waals surface area contributed by atoms with E-state index in [1.807, 2.05) is 37.3 Å². The predicted molar refractivity (Wildman–Crippen MR) is 90.8 cm³/mol. The molecule has 0 saturated carbocycles. The number of nitrogens with one attached hydrogen (secondary N) is 2. The SMILES string of the molecule is CC(CC(=O)Nc1ccc(Br)cc1)NC(=O)c1ccccc1. The second-order valence-electron chi connectivity index (χ2n) is 5.00. The summed E-state index contributed by atoms with van der Waals surface area (Å²) in [5.74, 6) is -0.312. The van der Waals surface area contributed by atoms with Crippen molar-refractivity contribution in [2.24, 2.45) is 0 Å². The summed E-state index contributed by atoms with van der Waals surface area (Å²) in [6.45, 7) is 1.81. The van der Waals surface area contributed by atoms with E-state index in [0.717, 1.165) is 10.2 Å². The molecule has 22 heavy (non-hydrogen) atoms. The van der Waals surface area contributed by atoms with Crippen molar-refractivity contribution in [3.63, 3.8) is 0 Å². The molecule has 2 aromatic carbocycles. The maximum Gasteiger partial charge on any atom is 0.251 e. The van der Waals surface area contributed by atoms with Crippen molar-refractivity contribution in [1.82, 2.24) is 5.32 Å². The molecule has 0 aliphatic rings. The maximum absolute atomic E-state index is 12.0. The molecule has 114 valence electrons. The summed E-state index contributed by atoms with van der Waals surface area (Å²) in [5.41, 5.74) is 1.32. The van der Waals surface area contributed by atoms with Crippen LogP contribution >= 0.6 is 15.9 Å². The first-order chi connectivity index (χ1) is 10.5. The molecule has 1 unspecified atom stereocenters. The van der Waals surface area contributed by atoms with E-state index in [2.05, 4.69) is 26.6 Å². The fourth-order valence-corrected chi connectivity index (χ4v) is 2.24. The van der Waals surface area contributed by atoms with Crippen molar-refractivity contribution < 1.29 is 9.59 Å². The van der Waals surface area contributed by atoms with Crippen molar-refractivity contribution in [2.45, 2.75) is 19.4 Å². The standard InChI is InChI=1S/C17H17BrN2O2/c1-12(19-17(22)13-5-3-2-4-6-13)11-16(21)20-15-9-7-14(18)8-10-15/h2-10,12H,11H2,1H3,(H,19,22)(H,20,21). The number of amides is 2. The summed E-state index contributed by atoms with van der Waals surface area (Å²) >= 11 is 3.34. The highest BCUT2D eigenvalue weighted by Gasteiger charge is 2.13. The molecule has 1 atom stereocenters. The lowest BCUT2D eigenvalue weighted by Crippen LogP contribution is -2.35. The molecule has 2 rings (SSSR count). The zero-order valence-electron chi connectivity index (χ0n) is 12.2. The largest absolute Gasteiger partial charge is 0.349 e. The Morgan fingerprint density at radius 1 is 1.05 bits per heavy atom. The monoisotopic (exact) mass is 360 g/mol. The Kier molecular flexibility index (Phi) is 5.72. The minimum atomic E-state index is -0.247. The summed E-state index contributed by atoms with van der Waals surface area (Å²) in [6, 6.07) is 16.0. The van der Waals surface area contributed by atoms with Gasteiger partial charge in [0.15, 0.2) is 0 Å². The normalized spacial score (nSPS) is 11.5. The molecule has 0 saturated heterocycles. The molecule has 0 radical (unpaired) electrons. The molecule has 5 heteroatoms. The average Bonchev–Trinajstić information content (AvgIpc) is 2.50. The average molecular weight is 361 g/mol. The number of halogens is 1. The van der Waals surface area contributed by atoms with Crippen LogP contribution in [-0.4, -0.2) is 17.9 Å². The van der Waals surface area contributed by atoms with Gasteiger partial charge in [-0.1, -0.05) is 34.1 Å². The summed E-state index contributed by atoms with van der Waals surface area (Å²) < 4.78 is 0.953. The summed E-state index contributed by atoms with van der Waals surface area (Å²) in [5, 5.41) is 5.62. The molecule has 2 aromatic rings. The van der Waals surface area contributed by atoms with Crippen LogP contribution < -0.4 is 10.6 Å². The Balaban J connectivity index is 1.83. The second-order valence-corrected chi connectivity index (χ2v) is 5.92. The fourth-order valence-electron chi connectivity index (χ4n) is 1.97. The van der Waals surface area contributed by atoms with Gasteiger partial charge in [-0.2, -0.15) is 0 Å². The van der Waals surface area contributed by atoms with Gasteiger partial charge in [0.1, 0.15) is 0 Å². The zero-order chi connectivity index (χ0) is 15.9. The molecular formula is C17H17BrN2O2. The third-order valence-corrected chi connectivity index (χ3v) is 3.56. The summed E-state index contributed by atoms with van der Waals surface area (Å²) in [7, 11) is 0. The molecule has 0 fully saturated rings. The molecule has 0 spiro atoms. The summed E-state index contributed by atoms with van der Waals surface area (Å²) in [6.07, 6.45) is 0.217. The molecule has 0 heterocycles. The van der Waals surface area contributed by atoms with Crippen LogP contribution in [0.3, 0.4) is 0 Å². The van der Waals surface area contributed by atoms with Crippen molar-refractivity contribution >= 4 is 33.4 Å². The van der Waals surface area contributed by atoms with E-state index in [-0.39, 0.29) is 24.3 Å². The van der Waals surface area contributed by atoms with Gasteiger partial charge in [0.25, 0.3) is 5.91 Å². The predicted octanol–water partition coefficient (Wildman–Crippen LogP) is 3.60. The van der Waals surface area contributed by atoms with Crippen LogP contribution in [-0.2, 0) is 4.79 Å². The van der Waals surface area contributed by atoms with Gasteiger partial charge in [0, 0.05) is 28.2 Å². The van der Waals surface area contributed by atoms with Crippen molar-refractivity contribution in [1.29, 1.82) is 0 Å². The number of rotatable bonds is 5. The van der Waals surface area contributed by atoms with Crippen LogP contribution in [0, 0.1) is 0 Å². The Hall–Kier alpha value is -2.14. The Morgan fingerprint density at radius 2 is 1.68 bits per heavy atom. The highest BCUT2D eigenvalue weighted by atomic mass is 79.9. The third kappa shape index (κ3) is 5.00. The van der Waals surface area contributed by atoms with E-state index >= 15 is 0 Å². The number of benzene rings is 2. The Morgan fingerprint density at radius 3 is 2.32 bits per heavy atom. The van der Waals surface area contributed by atoms with E-state index in [4.69, 9.17) is 0 Å². The molecule has 4 nitrogen and oxygen atoms in total. The van der Waals surface area contributed by atoms with Gasteiger partial charge in [0.2, 0.25) is 5.91 Å². The minimum Gasteiger partial charge on any atom is -0.349 e. The molecule has 2 N–H and O–H groups in total. The van der Waals surface area contributed by atoms with Crippen LogP contribution in [0.5, 0.6) is 0 Å². The zero-order valence-corrected chi connectivity index (χ0v) is 13.8. The highest BCUT2D eigenvalue weighted by Crippen LogP contribution is 2.14. The van der Waals surface area contributed by atoms with E-state index in [1.54, 1.807) is 24.3 Å². The van der Waals surface area contributed by atoms with Gasteiger partial charge in [-0.15, -0.1) is 0 Å². The van der Waals surface area contributed by atoms with E-state index in [9.17, 15) is 9.59 Å². The number of carbonyl (C=O) groups is 2. The quantitative estimate of drug-likeness (QED) is 0.855. The first-order valence-electron chi connectivity index (χ1n) is 6.96. The van der Waals surface area contributed by atoms with Crippen molar-refractivity contribution in [3.8, 4) is 0 Å². The lowest BCUT2D eigenvalue weighted by atomic mass is 10.1. The van der Waals surface area contributed by atoms with Gasteiger partial charge in [-0.05, 0) is 43.3 Å². The van der Waals surface area contributed by atoms with E-state index < -0.39 is 0 Å². The van der Waals surface area contributed by atoms with Gasteiger partial charge in [-0.3, -0.25) is 9.59 Å². The number of anilines is 1. The third-order valence-electron chi connectivity index (χ3n) is 3.03. The lowest BCUT2D eigenvalue weighted by Gasteiger charge is -2.14. The second kappa shape index (κ2) is 7.75. The maximum atomic E-state index is 12.0. The molecule has 0 bridgehead atoms. The smallest absolute Gasteiger partial charge is 0.251 e. The van der Waals surface area contributed by atoms with Crippen LogP contribution in [0.15, 0.2) is 59.1 Å². The van der Waals surface area contributed by atoms with Crippen LogP contribution in [0.4, 0.5) is 5.69 Å². The fraction of sp³-hybridized carbons (Fsp3) is 0.176. The molecule has 0 aliphatic carbocycles. The molecule has 0 aliphatic heterocycles. The van der Waals surface area contributed by atoms with Crippen LogP contribution in [0.25, 0.3) is 0 Å². The summed E-state index contributed by atoms with van der Waals surface area (Å²) in [4.78, 5) is 23.9. The van der Waals surface area contributed by atoms with E-state index in [1.165, 1.54) is 0 Å². The Bertz CT molecular complexity index is 641. The first kappa shape index (κ1) is 16.2. The molecule has 0 aromatic heterocycles. The highest BCUT2D eigenvalue weighted by molar-refractivity contribution is 9.10. The topological polar surface area (TPSA) is 58.2 Å². The van der Waals surface area contributed by atoms with Gasteiger partial charge >= 0.3 is 0 Å².